The summed E-state index contributed by atoms with van der Waals surface area (Å²) in [7, 11) is -1.06. The second-order valence-electron chi connectivity index (χ2n) is 4.79. The molecule has 1 fully saturated rings. The van der Waals surface area contributed by atoms with Crippen molar-refractivity contribution in [2.24, 2.45) is 0 Å². The van der Waals surface area contributed by atoms with Crippen LogP contribution in [0.1, 0.15) is 32.6 Å². The number of ether oxygens (including phenoxy) is 1. The monoisotopic (exact) mass is 263 g/mol. The summed E-state index contributed by atoms with van der Waals surface area (Å²) in [6.07, 6.45) is 4.08. The van der Waals surface area contributed by atoms with Gasteiger partial charge in [0.2, 0.25) is 0 Å². The molecule has 1 rings (SSSR count). The summed E-state index contributed by atoms with van der Waals surface area (Å²) < 4.78 is 28.1. The molecule has 1 atom stereocenters. The molecule has 0 aromatic rings. The topological polar surface area (TPSA) is 46.6 Å². The van der Waals surface area contributed by atoms with Gasteiger partial charge in [-0.15, -0.1) is 0 Å². The number of hydrogen-bond donors (Lipinski definition) is 0. The van der Waals surface area contributed by atoms with Crippen molar-refractivity contribution in [1.82, 2.24) is 4.90 Å². The first-order valence-corrected chi connectivity index (χ1v) is 8.34. The summed E-state index contributed by atoms with van der Waals surface area (Å²) >= 11 is 0. The van der Waals surface area contributed by atoms with Gasteiger partial charge in [0.15, 0.2) is 9.84 Å². The quantitative estimate of drug-likeness (QED) is 0.620. The van der Waals surface area contributed by atoms with Crippen molar-refractivity contribution >= 4 is 9.84 Å². The van der Waals surface area contributed by atoms with Crippen LogP contribution >= 0.6 is 0 Å². The number of sulfone groups is 1. The van der Waals surface area contributed by atoms with Crippen molar-refractivity contribution in [2.75, 3.05) is 38.3 Å². The van der Waals surface area contributed by atoms with E-state index in [1.807, 2.05) is 0 Å². The van der Waals surface area contributed by atoms with Crippen LogP contribution in [0.25, 0.3) is 0 Å². The van der Waals surface area contributed by atoms with Gasteiger partial charge in [0.1, 0.15) is 0 Å². The lowest BCUT2D eigenvalue weighted by molar-refractivity contribution is 0.154. The van der Waals surface area contributed by atoms with Crippen molar-refractivity contribution in [1.29, 1.82) is 0 Å². The molecular formula is C12H25NO3S. The van der Waals surface area contributed by atoms with E-state index in [0.29, 0.717) is 11.5 Å². The smallest absolute Gasteiger partial charge is 0.151 e. The average molecular weight is 263 g/mol. The van der Waals surface area contributed by atoms with Gasteiger partial charge < -0.3 is 4.74 Å². The van der Waals surface area contributed by atoms with Crippen LogP contribution in [0.2, 0.25) is 0 Å². The third kappa shape index (κ3) is 5.36. The summed E-state index contributed by atoms with van der Waals surface area (Å²) in [5.74, 6) is 0.717. The minimum atomic E-state index is -2.77. The molecule has 102 valence electrons. The zero-order valence-corrected chi connectivity index (χ0v) is 11.8. The molecule has 0 N–H and O–H groups in total. The van der Waals surface area contributed by atoms with Gasteiger partial charge in [0.25, 0.3) is 0 Å². The lowest BCUT2D eigenvalue weighted by Crippen LogP contribution is -2.38. The molecule has 0 amide bonds. The Morgan fingerprint density at radius 3 is 2.53 bits per heavy atom. The van der Waals surface area contributed by atoms with Crippen LogP contribution in [0, 0.1) is 0 Å². The third-order valence-electron chi connectivity index (χ3n) is 3.32. The maximum atomic E-state index is 11.5. The molecule has 4 nitrogen and oxygen atoms in total. The third-order valence-corrected chi connectivity index (χ3v) is 5.07. The fourth-order valence-electron chi connectivity index (χ4n) is 2.31. The van der Waals surface area contributed by atoms with E-state index in [-0.39, 0.29) is 6.04 Å². The molecule has 0 aromatic heterocycles. The van der Waals surface area contributed by atoms with Gasteiger partial charge in [-0.2, -0.15) is 0 Å². The zero-order chi connectivity index (χ0) is 12.7. The highest BCUT2D eigenvalue weighted by atomic mass is 32.2. The fraction of sp³-hybridized carbons (Fsp3) is 1.00. The summed E-state index contributed by atoms with van der Waals surface area (Å²) in [6, 6.07) is 0.239. The van der Waals surface area contributed by atoms with Crippen LogP contribution in [0.4, 0.5) is 0 Å². The van der Waals surface area contributed by atoms with Gasteiger partial charge in [-0.05, 0) is 25.8 Å². The van der Waals surface area contributed by atoms with Gasteiger partial charge >= 0.3 is 0 Å². The second-order valence-corrected chi connectivity index (χ2v) is 7.02. The Hall–Kier alpha value is -0.130. The maximum absolute atomic E-state index is 11.5. The fourth-order valence-corrected chi connectivity index (χ4v) is 4.08. The highest BCUT2D eigenvalue weighted by molar-refractivity contribution is 7.91. The van der Waals surface area contributed by atoms with E-state index in [9.17, 15) is 8.42 Å². The number of rotatable bonds is 8. The van der Waals surface area contributed by atoms with E-state index < -0.39 is 9.84 Å². The van der Waals surface area contributed by atoms with E-state index in [0.717, 1.165) is 45.4 Å². The molecule has 1 heterocycles. The molecule has 0 aromatic carbocycles. The van der Waals surface area contributed by atoms with Crippen molar-refractivity contribution < 1.29 is 13.2 Å². The molecule has 0 saturated carbocycles. The minimum absolute atomic E-state index is 0.239. The van der Waals surface area contributed by atoms with Crippen LogP contribution in [0.3, 0.4) is 0 Å². The Balaban J connectivity index is 2.44. The van der Waals surface area contributed by atoms with Crippen LogP contribution in [-0.4, -0.2) is 57.7 Å². The molecule has 0 bridgehead atoms. The molecule has 1 saturated heterocycles. The minimum Gasteiger partial charge on any atom is -0.385 e. The Kier molecular flexibility index (Phi) is 6.44. The van der Waals surface area contributed by atoms with Crippen LogP contribution < -0.4 is 0 Å². The zero-order valence-electron chi connectivity index (χ0n) is 11.0. The van der Waals surface area contributed by atoms with E-state index in [1.165, 1.54) is 0 Å². The Morgan fingerprint density at radius 2 is 2.00 bits per heavy atom. The Bertz CT molecular complexity index is 303. The van der Waals surface area contributed by atoms with Gasteiger partial charge in [0.05, 0.1) is 11.5 Å². The summed E-state index contributed by atoms with van der Waals surface area (Å²) in [6.45, 7) is 4.88. The molecule has 5 heteroatoms. The van der Waals surface area contributed by atoms with Gasteiger partial charge in [-0.3, -0.25) is 4.90 Å². The first-order chi connectivity index (χ1) is 8.09. The van der Waals surface area contributed by atoms with Gasteiger partial charge in [-0.25, -0.2) is 8.42 Å². The second kappa shape index (κ2) is 7.34. The number of methoxy groups -OCH3 is 1. The van der Waals surface area contributed by atoms with Crippen molar-refractivity contribution in [3.8, 4) is 0 Å². The number of unbranched alkanes of at least 4 members (excludes halogenated alkanes) is 1. The number of nitrogens with zero attached hydrogens (tertiary/aromatic N) is 1. The highest BCUT2D eigenvalue weighted by Crippen LogP contribution is 2.18. The molecule has 1 unspecified atom stereocenters. The SMILES string of the molecule is CCCCN(CCCOC)C1CCS(=O)(=O)C1. The average Bonchev–Trinajstić information content (AvgIpc) is 2.64. The lowest BCUT2D eigenvalue weighted by atomic mass is 10.2. The van der Waals surface area contributed by atoms with E-state index in [1.54, 1.807) is 7.11 Å². The summed E-state index contributed by atoms with van der Waals surface area (Å²) in [5, 5.41) is 0. The van der Waals surface area contributed by atoms with Crippen LogP contribution in [-0.2, 0) is 14.6 Å². The summed E-state index contributed by atoms with van der Waals surface area (Å²) in [5.41, 5.74) is 0. The molecule has 0 spiro atoms. The van der Waals surface area contributed by atoms with E-state index >= 15 is 0 Å². The molecule has 0 aliphatic carbocycles. The lowest BCUT2D eigenvalue weighted by Gasteiger charge is -2.27. The first kappa shape index (κ1) is 14.9. The predicted octanol–water partition coefficient (Wildman–Crippen LogP) is 1.31. The van der Waals surface area contributed by atoms with Crippen LogP contribution in [0.15, 0.2) is 0 Å². The van der Waals surface area contributed by atoms with Crippen LogP contribution in [0.5, 0.6) is 0 Å². The Labute approximate surface area is 105 Å². The summed E-state index contributed by atoms with van der Waals surface area (Å²) in [4.78, 5) is 2.34. The predicted molar refractivity (Wildman–Crippen MR) is 70.0 cm³/mol. The highest BCUT2D eigenvalue weighted by Gasteiger charge is 2.31. The molecule has 17 heavy (non-hydrogen) atoms. The molecule has 0 radical (unpaired) electrons. The van der Waals surface area contributed by atoms with E-state index in [2.05, 4.69) is 11.8 Å². The molecule has 1 aliphatic heterocycles. The van der Waals surface area contributed by atoms with Crippen molar-refractivity contribution in [3.63, 3.8) is 0 Å². The Morgan fingerprint density at radius 1 is 1.29 bits per heavy atom. The van der Waals surface area contributed by atoms with Gasteiger partial charge in [0, 0.05) is 26.3 Å². The number of hydrogen-bond acceptors (Lipinski definition) is 4. The van der Waals surface area contributed by atoms with Crippen molar-refractivity contribution in [3.05, 3.63) is 0 Å². The molecular weight excluding hydrogens is 238 g/mol. The molecule has 1 aliphatic rings. The van der Waals surface area contributed by atoms with Crippen molar-refractivity contribution in [2.45, 2.75) is 38.6 Å². The largest absolute Gasteiger partial charge is 0.385 e. The van der Waals surface area contributed by atoms with Gasteiger partial charge in [-0.1, -0.05) is 13.3 Å². The normalized spacial score (nSPS) is 23.4. The van der Waals surface area contributed by atoms with E-state index in [4.69, 9.17) is 4.74 Å². The maximum Gasteiger partial charge on any atom is 0.151 e. The standard InChI is InChI=1S/C12H25NO3S/c1-3-4-7-13(8-5-9-16-2)12-6-10-17(14,15)11-12/h12H,3-11H2,1-2H3. The first-order valence-electron chi connectivity index (χ1n) is 6.52.